The fraction of sp³-hybridized carbons (Fsp3) is 0.400. The predicted molar refractivity (Wildman–Crippen MR) is 84.9 cm³/mol. The maximum absolute atomic E-state index is 12.6. The van der Waals surface area contributed by atoms with Crippen LogP contribution in [-0.2, 0) is 11.3 Å². The zero-order valence-corrected chi connectivity index (χ0v) is 13.0. The number of ether oxygens (including phenoxy) is 1. The van der Waals surface area contributed by atoms with E-state index in [1.54, 1.807) is 0 Å². The second-order valence-electron chi connectivity index (χ2n) is 5.69. The maximum atomic E-state index is 12.6. The third-order valence-electron chi connectivity index (χ3n) is 3.87. The monoisotopic (exact) mass is 332 g/mol. The Balaban J connectivity index is 2.08. The molecule has 126 valence electrons. The molecule has 0 unspecified atom stereocenters. The molecule has 1 aliphatic rings. The van der Waals surface area contributed by atoms with Gasteiger partial charge < -0.3 is 10.1 Å². The lowest BCUT2D eigenvalue weighted by Gasteiger charge is -2.12. The van der Waals surface area contributed by atoms with Gasteiger partial charge >= 0.3 is 0 Å². The van der Waals surface area contributed by atoms with Crippen LogP contribution in [0.3, 0.4) is 0 Å². The number of nitrogens with one attached hydrogen (secondary N) is 1. The SMILES string of the molecule is CNC(=O)COc1cc2cc([N+](=O)[O-])cnc2n(CC2CC2)c1=O. The number of aromatic nitrogens is 2. The molecule has 2 aromatic rings. The fourth-order valence-corrected chi connectivity index (χ4v) is 2.37. The molecule has 1 aliphatic carbocycles. The van der Waals surface area contributed by atoms with Gasteiger partial charge in [0.1, 0.15) is 11.8 Å². The molecule has 0 spiro atoms. The number of fused-ring (bicyclic) bond motifs is 1. The molecule has 2 heterocycles. The van der Waals surface area contributed by atoms with E-state index < -0.39 is 4.92 Å². The van der Waals surface area contributed by atoms with E-state index in [0.29, 0.717) is 23.5 Å². The number of rotatable bonds is 6. The number of nitrogens with zero attached hydrogens (tertiary/aromatic N) is 3. The molecule has 0 aromatic carbocycles. The average Bonchev–Trinajstić information content (AvgIpc) is 3.39. The van der Waals surface area contributed by atoms with Crippen molar-refractivity contribution >= 4 is 22.6 Å². The first-order chi connectivity index (χ1) is 11.5. The lowest BCUT2D eigenvalue weighted by molar-refractivity contribution is -0.385. The molecule has 0 aliphatic heterocycles. The first-order valence-corrected chi connectivity index (χ1v) is 7.51. The molecule has 9 nitrogen and oxygen atoms in total. The highest BCUT2D eigenvalue weighted by molar-refractivity contribution is 5.79. The number of pyridine rings is 2. The van der Waals surface area contributed by atoms with E-state index in [0.717, 1.165) is 19.0 Å². The summed E-state index contributed by atoms with van der Waals surface area (Å²) in [5.74, 6) is 0.00605. The largest absolute Gasteiger partial charge is 0.478 e. The second kappa shape index (κ2) is 6.26. The van der Waals surface area contributed by atoms with Crippen LogP contribution in [0, 0.1) is 16.0 Å². The van der Waals surface area contributed by atoms with E-state index in [9.17, 15) is 19.7 Å². The van der Waals surface area contributed by atoms with Crippen LogP contribution < -0.4 is 15.6 Å². The summed E-state index contributed by atoms with van der Waals surface area (Å²) in [6, 6.07) is 2.74. The van der Waals surface area contributed by atoms with E-state index in [1.165, 1.54) is 23.7 Å². The van der Waals surface area contributed by atoms with Gasteiger partial charge in [0.15, 0.2) is 12.4 Å². The van der Waals surface area contributed by atoms with Crippen molar-refractivity contribution in [2.24, 2.45) is 5.92 Å². The van der Waals surface area contributed by atoms with Gasteiger partial charge in [-0.3, -0.25) is 24.3 Å². The molecule has 0 bridgehead atoms. The lowest BCUT2D eigenvalue weighted by Crippen LogP contribution is -2.29. The minimum Gasteiger partial charge on any atom is -0.478 e. The van der Waals surface area contributed by atoms with Crippen LogP contribution >= 0.6 is 0 Å². The van der Waals surface area contributed by atoms with E-state index in [2.05, 4.69) is 10.3 Å². The smallest absolute Gasteiger partial charge is 0.294 e. The maximum Gasteiger partial charge on any atom is 0.294 e. The van der Waals surface area contributed by atoms with Gasteiger partial charge in [0.05, 0.1) is 4.92 Å². The van der Waals surface area contributed by atoms with Crippen molar-refractivity contribution in [1.29, 1.82) is 0 Å². The van der Waals surface area contributed by atoms with Gasteiger partial charge in [-0.05, 0) is 24.8 Å². The predicted octanol–water partition coefficient (Wildman–Crippen LogP) is 0.839. The first kappa shape index (κ1) is 15.9. The first-order valence-electron chi connectivity index (χ1n) is 7.51. The second-order valence-corrected chi connectivity index (χ2v) is 5.69. The molecular formula is C15H16N4O5. The van der Waals surface area contributed by atoms with Gasteiger partial charge in [0.25, 0.3) is 17.2 Å². The highest BCUT2D eigenvalue weighted by Crippen LogP contribution is 2.31. The molecule has 1 saturated carbocycles. The number of carbonyl (C=O) groups is 1. The van der Waals surface area contributed by atoms with Gasteiger partial charge in [0, 0.05) is 25.0 Å². The lowest BCUT2D eigenvalue weighted by atomic mass is 10.2. The Kier molecular flexibility index (Phi) is 4.15. The van der Waals surface area contributed by atoms with E-state index in [1.807, 2.05) is 0 Å². The molecule has 1 N–H and O–H groups in total. The molecule has 0 saturated heterocycles. The van der Waals surface area contributed by atoms with Gasteiger partial charge in [-0.2, -0.15) is 0 Å². The van der Waals surface area contributed by atoms with Gasteiger partial charge in [-0.25, -0.2) is 4.98 Å². The molecule has 0 atom stereocenters. The van der Waals surface area contributed by atoms with Crippen molar-refractivity contribution in [2.45, 2.75) is 19.4 Å². The van der Waals surface area contributed by atoms with Crippen LogP contribution in [0.2, 0.25) is 0 Å². The summed E-state index contributed by atoms with van der Waals surface area (Å²) in [6.45, 7) is 0.181. The fourth-order valence-electron chi connectivity index (χ4n) is 2.37. The van der Waals surface area contributed by atoms with E-state index in [4.69, 9.17) is 4.74 Å². The third-order valence-corrected chi connectivity index (χ3v) is 3.87. The summed E-state index contributed by atoms with van der Waals surface area (Å²) in [6.07, 6.45) is 3.20. The Morgan fingerprint density at radius 2 is 2.25 bits per heavy atom. The highest BCUT2D eigenvalue weighted by atomic mass is 16.6. The van der Waals surface area contributed by atoms with Crippen molar-refractivity contribution in [3.05, 3.63) is 38.8 Å². The van der Waals surface area contributed by atoms with Crippen molar-refractivity contribution in [1.82, 2.24) is 14.9 Å². The van der Waals surface area contributed by atoms with Crippen LogP contribution in [0.1, 0.15) is 12.8 Å². The van der Waals surface area contributed by atoms with Crippen molar-refractivity contribution in [3.63, 3.8) is 0 Å². The number of hydrogen-bond acceptors (Lipinski definition) is 6. The normalized spacial score (nSPS) is 13.7. The van der Waals surface area contributed by atoms with E-state index in [-0.39, 0.29) is 29.5 Å². The third kappa shape index (κ3) is 3.19. The Morgan fingerprint density at radius 3 is 2.88 bits per heavy atom. The number of nitro groups is 1. The molecular weight excluding hydrogens is 316 g/mol. The number of hydrogen-bond donors (Lipinski definition) is 1. The summed E-state index contributed by atoms with van der Waals surface area (Å²) in [5.41, 5.74) is -0.180. The zero-order chi connectivity index (χ0) is 17.3. The standard InChI is InChI=1S/C15H16N4O5/c1-16-13(20)8-24-12-5-10-4-11(19(22)23)6-17-14(10)18(15(12)21)7-9-2-3-9/h4-6,9H,2-3,7-8H2,1H3,(H,16,20). The van der Waals surface area contributed by atoms with Gasteiger partial charge in [-0.1, -0.05) is 0 Å². The minimum atomic E-state index is -0.548. The van der Waals surface area contributed by atoms with E-state index >= 15 is 0 Å². The quantitative estimate of drug-likeness (QED) is 0.619. The Labute approximate surface area is 136 Å². The summed E-state index contributed by atoms with van der Waals surface area (Å²) in [5, 5.41) is 13.8. The number of amides is 1. The van der Waals surface area contributed by atoms with Crippen LogP contribution in [-0.4, -0.2) is 34.0 Å². The Hall–Kier alpha value is -2.97. The van der Waals surface area contributed by atoms with Crippen molar-refractivity contribution < 1.29 is 14.5 Å². The summed E-state index contributed by atoms with van der Waals surface area (Å²) in [7, 11) is 1.46. The molecule has 9 heteroatoms. The molecule has 1 amide bonds. The zero-order valence-electron chi connectivity index (χ0n) is 13.0. The summed E-state index contributed by atoms with van der Waals surface area (Å²) in [4.78, 5) is 38.4. The van der Waals surface area contributed by atoms with Crippen LogP contribution in [0.15, 0.2) is 23.1 Å². The Bertz CT molecular complexity index is 872. The molecule has 24 heavy (non-hydrogen) atoms. The molecule has 1 fully saturated rings. The molecule has 3 rings (SSSR count). The van der Waals surface area contributed by atoms with Crippen LogP contribution in [0.25, 0.3) is 11.0 Å². The topological polar surface area (TPSA) is 116 Å². The number of carbonyl (C=O) groups excluding carboxylic acids is 1. The van der Waals surface area contributed by atoms with Crippen LogP contribution in [0.4, 0.5) is 5.69 Å². The summed E-state index contributed by atoms with van der Waals surface area (Å²) < 4.78 is 6.77. The van der Waals surface area contributed by atoms with Gasteiger partial charge in [-0.15, -0.1) is 0 Å². The minimum absolute atomic E-state index is 0.0194. The average molecular weight is 332 g/mol. The molecule has 0 radical (unpaired) electrons. The van der Waals surface area contributed by atoms with Crippen molar-refractivity contribution in [3.8, 4) is 5.75 Å². The van der Waals surface area contributed by atoms with Crippen molar-refractivity contribution in [2.75, 3.05) is 13.7 Å². The van der Waals surface area contributed by atoms with Gasteiger partial charge in [0.2, 0.25) is 0 Å². The summed E-state index contributed by atoms with van der Waals surface area (Å²) >= 11 is 0. The highest BCUT2D eigenvalue weighted by Gasteiger charge is 2.25. The van der Waals surface area contributed by atoms with Crippen LogP contribution in [0.5, 0.6) is 5.75 Å². The number of likely N-dealkylation sites (N-methyl/N-ethyl adjacent to an activating group) is 1. The molecule has 2 aromatic heterocycles. The Morgan fingerprint density at radius 1 is 1.50 bits per heavy atom.